The van der Waals surface area contributed by atoms with Gasteiger partial charge in [-0.3, -0.25) is 19.0 Å². The largest absolute Gasteiger partial charge is 0.295 e. The molecule has 0 spiro atoms. The van der Waals surface area contributed by atoms with Gasteiger partial charge in [-0.05, 0) is 115 Å². The van der Waals surface area contributed by atoms with Gasteiger partial charge in [0.15, 0.2) is 11.6 Å². The minimum atomic E-state index is -3.89. The zero-order valence-corrected chi connectivity index (χ0v) is 22.7. The SMILES string of the molecule is CC(=O)c1ccc(NS(=O)(=O)c2ccc3c(c2)Cc2cc(S(=O)(=O)Nc4ccc(C(C)=O)cc4)ccc2-3)cc1. The molecule has 0 radical (unpaired) electrons. The molecule has 39 heavy (non-hydrogen) atoms. The number of fused-ring (bicyclic) bond motifs is 3. The molecule has 0 heterocycles. The first-order chi connectivity index (χ1) is 18.4. The molecule has 4 aromatic carbocycles. The Bertz CT molecular complexity index is 1710. The molecular formula is C29H24N2O6S2. The Labute approximate surface area is 226 Å². The van der Waals surface area contributed by atoms with E-state index in [4.69, 9.17) is 0 Å². The van der Waals surface area contributed by atoms with Gasteiger partial charge in [0.1, 0.15) is 0 Å². The molecule has 8 nitrogen and oxygen atoms in total. The van der Waals surface area contributed by atoms with Crippen LogP contribution in [0.4, 0.5) is 11.4 Å². The molecule has 4 aromatic rings. The molecule has 0 aliphatic heterocycles. The van der Waals surface area contributed by atoms with Gasteiger partial charge in [-0.15, -0.1) is 0 Å². The van der Waals surface area contributed by atoms with Gasteiger partial charge < -0.3 is 0 Å². The number of hydrogen-bond donors (Lipinski definition) is 2. The lowest BCUT2D eigenvalue weighted by atomic mass is 10.1. The number of ketones is 2. The Kier molecular flexibility index (Phi) is 6.61. The summed E-state index contributed by atoms with van der Waals surface area (Å²) in [6.45, 7) is 2.87. The van der Waals surface area contributed by atoms with E-state index in [1.807, 2.05) is 0 Å². The normalized spacial score (nSPS) is 12.4. The maximum atomic E-state index is 13.0. The monoisotopic (exact) mass is 560 g/mol. The van der Waals surface area contributed by atoms with Gasteiger partial charge >= 0.3 is 0 Å². The molecule has 0 aromatic heterocycles. The second-order valence-corrected chi connectivity index (χ2v) is 12.7. The second kappa shape index (κ2) is 9.79. The molecule has 0 fully saturated rings. The van der Waals surface area contributed by atoms with Crippen molar-refractivity contribution < 1.29 is 26.4 Å². The van der Waals surface area contributed by atoms with Gasteiger partial charge in [-0.2, -0.15) is 0 Å². The molecule has 0 saturated carbocycles. The number of benzene rings is 4. The van der Waals surface area contributed by atoms with Crippen LogP contribution in [0, 0.1) is 0 Å². The van der Waals surface area contributed by atoms with Crippen LogP contribution in [0.15, 0.2) is 94.7 Å². The van der Waals surface area contributed by atoms with Crippen LogP contribution in [0.3, 0.4) is 0 Å². The summed E-state index contributed by atoms with van der Waals surface area (Å²) in [7, 11) is -7.78. The fourth-order valence-corrected chi connectivity index (χ4v) is 6.69. The smallest absolute Gasteiger partial charge is 0.261 e. The highest BCUT2D eigenvalue weighted by Crippen LogP contribution is 2.39. The Balaban J connectivity index is 1.36. The summed E-state index contributed by atoms with van der Waals surface area (Å²) in [4.78, 5) is 23.1. The highest BCUT2D eigenvalue weighted by Gasteiger charge is 2.25. The molecule has 0 unspecified atom stereocenters. The van der Waals surface area contributed by atoms with Gasteiger partial charge in [0, 0.05) is 22.5 Å². The summed E-state index contributed by atoms with van der Waals surface area (Å²) in [6.07, 6.45) is 0.373. The van der Waals surface area contributed by atoms with Crippen molar-refractivity contribution in [3.05, 3.63) is 107 Å². The maximum Gasteiger partial charge on any atom is 0.261 e. The topological polar surface area (TPSA) is 126 Å². The van der Waals surface area contributed by atoms with Gasteiger partial charge in [0.25, 0.3) is 20.0 Å². The predicted molar refractivity (Wildman–Crippen MR) is 149 cm³/mol. The first kappa shape index (κ1) is 26.3. The Morgan fingerprint density at radius 2 is 0.923 bits per heavy atom. The molecule has 0 bridgehead atoms. The Morgan fingerprint density at radius 1 is 0.564 bits per heavy atom. The van der Waals surface area contributed by atoms with Crippen LogP contribution < -0.4 is 9.44 Å². The van der Waals surface area contributed by atoms with Crippen LogP contribution in [-0.2, 0) is 26.5 Å². The van der Waals surface area contributed by atoms with Crippen LogP contribution in [0.5, 0.6) is 0 Å². The van der Waals surface area contributed by atoms with Crippen LogP contribution in [0.25, 0.3) is 11.1 Å². The number of anilines is 2. The summed E-state index contributed by atoms with van der Waals surface area (Å²) < 4.78 is 57.2. The van der Waals surface area contributed by atoms with Crippen molar-refractivity contribution >= 4 is 43.0 Å². The van der Waals surface area contributed by atoms with E-state index >= 15 is 0 Å². The third kappa shape index (κ3) is 5.34. The number of Topliss-reactive ketones (excluding diaryl/α,β-unsaturated/α-hetero) is 2. The van der Waals surface area contributed by atoms with E-state index in [9.17, 15) is 26.4 Å². The van der Waals surface area contributed by atoms with Crippen molar-refractivity contribution in [1.82, 2.24) is 0 Å². The van der Waals surface area contributed by atoms with Gasteiger partial charge in [-0.25, -0.2) is 16.8 Å². The Hall–Kier alpha value is -4.28. The summed E-state index contributed by atoms with van der Waals surface area (Å²) in [5, 5.41) is 0. The van der Waals surface area contributed by atoms with E-state index in [-0.39, 0.29) is 21.4 Å². The zero-order chi connectivity index (χ0) is 27.9. The molecular weight excluding hydrogens is 536 g/mol. The molecule has 5 rings (SSSR count). The standard InChI is InChI=1S/C29H24N2O6S2/c1-18(32)20-3-7-24(8-4-20)30-38(34,35)26-11-13-28-22(16-26)15-23-17-27(12-14-29(23)28)39(36,37)31-25-9-5-21(6-10-25)19(2)33/h3-14,16-17,30-31H,15H2,1-2H3. The number of hydrogen-bond acceptors (Lipinski definition) is 6. The van der Waals surface area contributed by atoms with E-state index in [0.29, 0.717) is 28.9 Å². The minimum absolute atomic E-state index is 0.0771. The predicted octanol–water partition coefficient (Wildman–Crippen LogP) is 5.26. The zero-order valence-electron chi connectivity index (χ0n) is 21.1. The van der Waals surface area contributed by atoms with Crippen molar-refractivity contribution in [2.75, 3.05) is 9.44 Å². The molecule has 0 saturated heterocycles. The summed E-state index contributed by atoms with van der Waals surface area (Å²) >= 11 is 0. The number of nitrogens with one attached hydrogen (secondary N) is 2. The van der Waals surface area contributed by atoms with Crippen molar-refractivity contribution in [1.29, 1.82) is 0 Å². The average Bonchev–Trinajstić information content (AvgIpc) is 3.26. The van der Waals surface area contributed by atoms with Crippen LogP contribution in [0.2, 0.25) is 0 Å². The fourth-order valence-electron chi connectivity index (χ4n) is 4.47. The van der Waals surface area contributed by atoms with Crippen LogP contribution in [0.1, 0.15) is 45.7 Å². The highest BCUT2D eigenvalue weighted by molar-refractivity contribution is 7.93. The maximum absolute atomic E-state index is 13.0. The number of rotatable bonds is 8. The molecule has 0 amide bonds. The number of carbonyl (C=O) groups excluding carboxylic acids is 2. The van der Waals surface area contributed by atoms with E-state index < -0.39 is 20.0 Å². The lowest BCUT2D eigenvalue weighted by molar-refractivity contribution is 0.100. The van der Waals surface area contributed by atoms with E-state index in [1.54, 1.807) is 48.5 Å². The number of carbonyl (C=O) groups is 2. The van der Waals surface area contributed by atoms with Crippen LogP contribution in [-0.4, -0.2) is 28.4 Å². The molecule has 10 heteroatoms. The third-order valence-electron chi connectivity index (χ3n) is 6.53. The van der Waals surface area contributed by atoms with Crippen molar-refractivity contribution in [3.63, 3.8) is 0 Å². The first-order valence-corrected chi connectivity index (χ1v) is 14.9. The molecule has 198 valence electrons. The van der Waals surface area contributed by atoms with E-state index in [0.717, 1.165) is 22.3 Å². The fraction of sp³-hybridized carbons (Fsp3) is 0.103. The molecule has 2 N–H and O–H groups in total. The number of sulfonamides is 2. The first-order valence-electron chi connectivity index (χ1n) is 12.0. The Morgan fingerprint density at radius 3 is 1.26 bits per heavy atom. The van der Waals surface area contributed by atoms with Gasteiger partial charge in [0.2, 0.25) is 0 Å². The molecule has 1 aliphatic carbocycles. The quantitative estimate of drug-likeness (QED) is 0.249. The third-order valence-corrected chi connectivity index (χ3v) is 9.29. The summed E-state index contributed by atoms with van der Waals surface area (Å²) in [5.41, 5.74) is 4.85. The molecule has 1 aliphatic rings. The second-order valence-electron chi connectivity index (χ2n) is 9.29. The van der Waals surface area contributed by atoms with Crippen molar-refractivity contribution in [2.24, 2.45) is 0 Å². The minimum Gasteiger partial charge on any atom is -0.295 e. The van der Waals surface area contributed by atoms with Crippen molar-refractivity contribution in [3.8, 4) is 11.1 Å². The van der Waals surface area contributed by atoms with Crippen LogP contribution >= 0.6 is 0 Å². The van der Waals surface area contributed by atoms with Crippen molar-refractivity contribution in [2.45, 2.75) is 30.1 Å². The lowest BCUT2D eigenvalue weighted by Crippen LogP contribution is -2.13. The van der Waals surface area contributed by atoms with Gasteiger partial charge in [-0.1, -0.05) is 12.1 Å². The summed E-state index contributed by atoms with van der Waals surface area (Å²) in [6, 6.07) is 22.0. The van der Waals surface area contributed by atoms with Gasteiger partial charge in [0.05, 0.1) is 9.79 Å². The molecule has 0 atom stereocenters. The van der Waals surface area contributed by atoms with E-state index in [1.165, 1.54) is 50.2 Å². The lowest BCUT2D eigenvalue weighted by Gasteiger charge is -2.10. The van der Waals surface area contributed by atoms with E-state index in [2.05, 4.69) is 9.44 Å². The summed E-state index contributed by atoms with van der Waals surface area (Å²) in [5.74, 6) is -0.227. The highest BCUT2D eigenvalue weighted by atomic mass is 32.2. The average molecular weight is 561 g/mol.